The zero-order valence-corrected chi connectivity index (χ0v) is 15.1. The van der Waals surface area contributed by atoms with Gasteiger partial charge in [0.2, 0.25) is 0 Å². The van der Waals surface area contributed by atoms with Crippen LogP contribution in [0.1, 0.15) is 24.2 Å². The number of benzene rings is 2. The zero-order valence-electron chi connectivity index (χ0n) is 14.3. The van der Waals surface area contributed by atoms with Crippen LogP contribution in [0, 0.1) is 0 Å². The largest absolute Gasteiger partial charge is 0.489 e. The average Bonchev–Trinajstić information content (AvgIpc) is 2.59. The molecule has 0 saturated heterocycles. The van der Waals surface area contributed by atoms with Gasteiger partial charge in [0.15, 0.2) is 0 Å². The molecule has 0 aliphatic heterocycles. The first-order chi connectivity index (χ1) is 12.0. The fourth-order valence-electron chi connectivity index (χ4n) is 2.10. The van der Waals surface area contributed by atoms with Crippen LogP contribution >= 0.6 is 11.6 Å². The lowest BCUT2D eigenvalue weighted by molar-refractivity contribution is 0.102. The standard InChI is InChI=1S/C19H23ClN2O3/c1-13(2)21-11-16(23)12-25-18-9-8-14(10-17(18)20)19(24)22-15-6-4-3-5-7-15/h3-10,13,16,21,23H,11-12H2,1-2H3,(H,22,24). The third-order valence-electron chi connectivity index (χ3n) is 3.42. The first-order valence-electron chi connectivity index (χ1n) is 8.16. The van der Waals surface area contributed by atoms with Gasteiger partial charge in [-0.05, 0) is 30.3 Å². The normalized spacial score (nSPS) is 12.0. The Labute approximate surface area is 153 Å². The molecule has 0 spiro atoms. The fraction of sp³-hybridized carbons (Fsp3) is 0.316. The van der Waals surface area contributed by atoms with E-state index in [1.165, 1.54) is 0 Å². The Morgan fingerprint density at radius 2 is 1.92 bits per heavy atom. The van der Waals surface area contributed by atoms with Gasteiger partial charge in [-0.1, -0.05) is 43.6 Å². The van der Waals surface area contributed by atoms with Crippen molar-refractivity contribution in [2.75, 3.05) is 18.5 Å². The summed E-state index contributed by atoms with van der Waals surface area (Å²) in [6, 6.07) is 14.3. The molecule has 0 fully saturated rings. The number of halogens is 1. The Bertz CT molecular complexity index is 692. The second kappa shape index (κ2) is 9.42. The van der Waals surface area contributed by atoms with E-state index < -0.39 is 6.10 Å². The molecule has 0 aromatic heterocycles. The molecule has 134 valence electrons. The van der Waals surface area contributed by atoms with E-state index in [1.807, 2.05) is 44.2 Å². The number of hydrogen-bond donors (Lipinski definition) is 3. The number of carbonyl (C=O) groups is 1. The monoisotopic (exact) mass is 362 g/mol. The molecule has 1 atom stereocenters. The molecule has 6 heteroatoms. The highest BCUT2D eigenvalue weighted by atomic mass is 35.5. The first-order valence-corrected chi connectivity index (χ1v) is 8.53. The van der Waals surface area contributed by atoms with Crippen molar-refractivity contribution in [2.24, 2.45) is 0 Å². The summed E-state index contributed by atoms with van der Waals surface area (Å²) in [4.78, 5) is 12.2. The number of carbonyl (C=O) groups excluding carboxylic acids is 1. The van der Waals surface area contributed by atoms with Gasteiger partial charge in [-0.25, -0.2) is 0 Å². The van der Waals surface area contributed by atoms with E-state index in [-0.39, 0.29) is 12.5 Å². The predicted octanol–water partition coefficient (Wildman–Crippen LogP) is 3.33. The number of amides is 1. The molecule has 0 radical (unpaired) electrons. The maximum absolute atomic E-state index is 12.2. The summed E-state index contributed by atoms with van der Waals surface area (Å²) >= 11 is 6.19. The molecule has 0 bridgehead atoms. The molecule has 2 rings (SSSR count). The van der Waals surface area contributed by atoms with Gasteiger partial charge >= 0.3 is 0 Å². The maximum Gasteiger partial charge on any atom is 0.255 e. The van der Waals surface area contributed by atoms with Gasteiger partial charge in [-0.15, -0.1) is 0 Å². The molecule has 0 heterocycles. The summed E-state index contributed by atoms with van der Waals surface area (Å²) in [6.45, 7) is 4.56. The van der Waals surface area contributed by atoms with Crippen LogP contribution in [-0.4, -0.2) is 36.3 Å². The lowest BCUT2D eigenvalue weighted by Crippen LogP contribution is -2.35. The minimum atomic E-state index is -0.639. The number of rotatable bonds is 8. The average molecular weight is 363 g/mol. The molecule has 25 heavy (non-hydrogen) atoms. The summed E-state index contributed by atoms with van der Waals surface area (Å²) < 4.78 is 5.53. The van der Waals surface area contributed by atoms with Crippen LogP contribution in [0.2, 0.25) is 5.02 Å². The summed E-state index contributed by atoms with van der Waals surface area (Å²) in [5, 5.41) is 16.1. The van der Waals surface area contributed by atoms with Crippen molar-refractivity contribution < 1.29 is 14.6 Å². The minimum Gasteiger partial charge on any atom is -0.489 e. The molecule has 1 unspecified atom stereocenters. The first kappa shape index (κ1) is 19.2. The number of aliphatic hydroxyl groups excluding tert-OH is 1. The van der Waals surface area contributed by atoms with Gasteiger partial charge in [0.1, 0.15) is 18.5 Å². The maximum atomic E-state index is 12.2. The van der Waals surface area contributed by atoms with Crippen molar-refractivity contribution in [3.63, 3.8) is 0 Å². The predicted molar refractivity (Wildman–Crippen MR) is 100 cm³/mol. The lowest BCUT2D eigenvalue weighted by atomic mass is 10.2. The molecule has 1 amide bonds. The summed E-state index contributed by atoms with van der Waals surface area (Å²) in [5.41, 5.74) is 1.15. The number of hydrogen-bond acceptors (Lipinski definition) is 4. The van der Waals surface area contributed by atoms with Gasteiger partial charge in [0, 0.05) is 23.8 Å². The highest BCUT2D eigenvalue weighted by Crippen LogP contribution is 2.26. The Morgan fingerprint density at radius 3 is 2.56 bits per heavy atom. The zero-order chi connectivity index (χ0) is 18.2. The third kappa shape index (κ3) is 6.38. The van der Waals surface area contributed by atoms with E-state index in [1.54, 1.807) is 18.2 Å². The Kier molecular flexibility index (Phi) is 7.25. The van der Waals surface area contributed by atoms with Crippen molar-refractivity contribution in [2.45, 2.75) is 26.0 Å². The van der Waals surface area contributed by atoms with Crippen LogP contribution in [0.4, 0.5) is 5.69 Å². The highest BCUT2D eigenvalue weighted by Gasteiger charge is 2.12. The molecule has 2 aromatic rings. The molecule has 0 aliphatic carbocycles. The van der Waals surface area contributed by atoms with Gasteiger partial charge in [0.25, 0.3) is 5.91 Å². The topological polar surface area (TPSA) is 70.6 Å². The van der Waals surface area contributed by atoms with Crippen molar-refractivity contribution in [3.8, 4) is 5.75 Å². The Morgan fingerprint density at radius 1 is 1.20 bits per heavy atom. The molecule has 5 nitrogen and oxygen atoms in total. The van der Waals surface area contributed by atoms with E-state index >= 15 is 0 Å². The van der Waals surface area contributed by atoms with Crippen LogP contribution in [-0.2, 0) is 0 Å². The van der Waals surface area contributed by atoms with Crippen molar-refractivity contribution >= 4 is 23.2 Å². The van der Waals surface area contributed by atoms with E-state index in [0.717, 1.165) is 0 Å². The quantitative estimate of drug-likeness (QED) is 0.673. The number of anilines is 1. The highest BCUT2D eigenvalue weighted by molar-refractivity contribution is 6.32. The van der Waals surface area contributed by atoms with E-state index in [9.17, 15) is 9.90 Å². The third-order valence-corrected chi connectivity index (χ3v) is 3.71. The summed E-state index contributed by atoms with van der Waals surface area (Å²) in [5.74, 6) is 0.183. The summed E-state index contributed by atoms with van der Waals surface area (Å²) in [6.07, 6.45) is -0.639. The van der Waals surface area contributed by atoms with Crippen LogP contribution in [0.25, 0.3) is 0 Å². The molecule has 0 saturated carbocycles. The lowest BCUT2D eigenvalue weighted by Gasteiger charge is -2.16. The van der Waals surface area contributed by atoms with Crippen molar-refractivity contribution in [3.05, 3.63) is 59.1 Å². The number of nitrogens with one attached hydrogen (secondary N) is 2. The van der Waals surface area contributed by atoms with Gasteiger partial charge < -0.3 is 20.5 Å². The number of para-hydroxylation sites is 1. The van der Waals surface area contributed by atoms with Crippen molar-refractivity contribution in [1.82, 2.24) is 5.32 Å². The van der Waals surface area contributed by atoms with E-state index in [4.69, 9.17) is 16.3 Å². The van der Waals surface area contributed by atoms with Crippen LogP contribution in [0.15, 0.2) is 48.5 Å². The molecular formula is C19H23ClN2O3. The fourth-order valence-corrected chi connectivity index (χ4v) is 2.34. The van der Waals surface area contributed by atoms with Crippen LogP contribution in [0.5, 0.6) is 5.75 Å². The number of ether oxygens (including phenoxy) is 1. The van der Waals surface area contributed by atoms with Gasteiger partial charge in [-0.2, -0.15) is 0 Å². The van der Waals surface area contributed by atoms with E-state index in [2.05, 4.69) is 10.6 Å². The van der Waals surface area contributed by atoms with E-state index in [0.29, 0.717) is 34.6 Å². The van der Waals surface area contributed by atoms with Gasteiger partial charge in [0.05, 0.1) is 5.02 Å². The number of aliphatic hydroxyl groups is 1. The summed E-state index contributed by atoms with van der Waals surface area (Å²) in [7, 11) is 0. The molecule has 2 aromatic carbocycles. The smallest absolute Gasteiger partial charge is 0.255 e. The second-order valence-corrected chi connectivity index (χ2v) is 6.40. The Hall–Kier alpha value is -2.08. The molecule has 0 aliphatic rings. The minimum absolute atomic E-state index is 0.120. The van der Waals surface area contributed by atoms with Crippen molar-refractivity contribution in [1.29, 1.82) is 0 Å². The Balaban J connectivity index is 1.92. The second-order valence-electron chi connectivity index (χ2n) is 5.99. The van der Waals surface area contributed by atoms with Crippen LogP contribution < -0.4 is 15.4 Å². The van der Waals surface area contributed by atoms with Gasteiger partial charge in [-0.3, -0.25) is 4.79 Å². The van der Waals surface area contributed by atoms with Crippen LogP contribution in [0.3, 0.4) is 0 Å². The molecule has 3 N–H and O–H groups in total. The SMILES string of the molecule is CC(C)NCC(O)COc1ccc(C(=O)Nc2ccccc2)cc1Cl. The molecular weight excluding hydrogens is 340 g/mol.